The molecule has 5 nitrogen and oxygen atoms in total. The molecule has 27 heavy (non-hydrogen) atoms. The summed E-state index contributed by atoms with van der Waals surface area (Å²) in [5.74, 6) is -0.423. The molecule has 0 bridgehead atoms. The van der Waals surface area contributed by atoms with Crippen molar-refractivity contribution < 1.29 is 9.59 Å². The van der Waals surface area contributed by atoms with Crippen molar-refractivity contribution in [1.82, 2.24) is 0 Å². The van der Waals surface area contributed by atoms with Crippen molar-refractivity contribution in [3.8, 4) is 0 Å². The lowest BCUT2D eigenvalue weighted by molar-refractivity contribution is 0.102. The SMILES string of the molecule is CN(C)c1ccc(Cl)cc1NC(=O)c1ccc(NC(=O)c2cccs2)cc1. The van der Waals surface area contributed by atoms with E-state index in [1.165, 1.54) is 11.3 Å². The van der Waals surface area contributed by atoms with E-state index in [2.05, 4.69) is 10.6 Å². The van der Waals surface area contributed by atoms with E-state index in [0.717, 1.165) is 5.69 Å². The summed E-state index contributed by atoms with van der Waals surface area (Å²) in [6, 6.07) is 15.7. The van der Waals surface area contributed by atoms with Crippen molar-refractivity contribution in [2.45, 2.75) is 0 Å². The smallest absolute Gasteiger partial charge is 0.265 e. The maximum Gasteiger partial charge on any atom is 0.265 e. The van der Waals surface area contributed by atoms with Gasteiger partial charge in [0.2, 0.25) is 0 Å². The van der Waals surface area contributed by atoms with Crippen LogP contribution >= 0.6 is 22.9 Å². The molecule has 2 aromatic carbocycles. The molecule has 0 radical (unpaired) electrons. The van der Waals surface area contributed by atoms with Crippen molar-refractivity contribution in [3.63, 3.8) is 0 Å². The van der Waals surface area contributed by atoms with Gasteiger partial charge in [-0.3, -0.25) is 9.59 Å². The number of hydrogen-bond donors (Lipinski definition) is 2. The van der Waals surface area contributed by atoms with E-state index >= 15 is 0 Å². The van der Waals surface area contributed by atoms with E-state index in [1.807, 2.05) is 36.5 Å². The van der Waals surface area contributed by atoms with E-state index in [4.69, 9.17) is 11.6 Å². The Bertz CT molecular complexity index is 954. The summed E-state index contributed by atoms with van der Waals surface area (Å²) in [5.41, 5.74) is 2.59. The maximum absolute atomic E-state index is 12.6. The number of amides is 2. The topological polar surface area (TPSA) is 61.4 Å². The lowest BCUT2D eigenvalue weighted by atomic mass is 10.1. The molecule has 1 aromatic heterocycles. The fraction of sp³-hybridized carbons (Fsp3) is 0.100. The lowest BCUT2D eigenvalue weighted by Crippen LogP contribution is -2.17. The van der Waals surface area contributed by atoms with E-state index < -0.39 is 0 Å². The number of anilines is 3. The third-order valence-electron chi connectivity index (χ3n) is 3.84. The molecule has 2 amide bonds. The standard InChI is InChI=1S/C20H18ClN3O2S/c1-24(2)17-10-7-14(21)12-16(17)23-19(25)13-5-8-15(9-6-13)22-20(26)18-4-3-11-27-18/h3-12H,1-2H3,(H,22,26)(H,23,25). The van der Waals surface area contributed by atoms with Crippen LogP contribution in [-0.4, -0.2) is 25.9 Å². The first-order chi connectivity index (χ1) is 12.9. The quantitative estimate of drug-likeness (QED) is 0.636. The lowest BCUT2D eigenvalue weighted by Gasteiger charge is -2.18. The number of carbonyl (C=O) groups is 2. The minimum absolute atomic E-state index is 0.170. The number of rotatable bonds is 5. The Morgan fingerprint density at radius 3 is 2.33 bits per heavy atom. The molecule has 0 atom stereocenters. The second kappa shape index (κ2) is 8.24. The molecule has 0 spiro atoms. The highest BCUT2D eigenvalue weighted by molar-refractivity contribution is 7.12. The van der Waals surface area contributed by atoms with Crippen molar-refractivity contribution >= 4 is 51.8 Å². The molecule has 7 heteroatoms. The average Bonchev–Trinajstić information content (AvgIpc) is 3.17. The molecule has 3 rings (SSSR count). The van der Waals surface area contributed by atoms with Gasteiger partial charge in [-0.2, -0.15) is 0 Å². The third kappa shape index (κ3) is 4.67. The zero-order chi connectivity index (χ0) is 19.4. The minimum Gasteiger partial charge on any atom is -0.376 e. The third-order valence-corrected chi connectivity index (χ3v) is 4.94. The number of nitrogens with one attached hydrogen (secondary N) is 2. The van der Waals surface area contributed by atoms with Crippen LogP contribution in [0.25, 0.3) is 0 Å². The van der Waals surface area contributed by atoms with Crippen molar-refractivity contribution in [1.29, 1.82) is 0 Å². The van der Waals surface area contributed by atoms with Gasteiger partial charge in [-0.25, -0.2) is 0 Å². The van der Waals surface area contributed by atoms with Crippen LogP contribution < -0.4 is 15.5 Å². The van der Waals surface area contributed by atoms with E-state index in [0.29, 0.717) is 26.8 Å². The Morgan fingerprint density at radius 1 is 0.963 bits per heavy atom. The molecule has 138 valence electrons. The molecule has 3 aromatic rings. The molecule has 0 aliphatic carbocycles. The predicted molar refractivity (Wildman–Crippen MR) is 112 cm³/mol. The Balaban J connectivity index is 1.71. The first kappa shape index (κ1) is 18.9. The Labute approximate surface area is 166 Å². The van der Waals surface area contributed by atoms with Gasteiger partial charge in [-0.15, -0.1) is 11.3 Å². The van der Waals surface area contributed by atoms with Crippen LogP contribution in [-0.2, 0) is 0 Å². The van der Waals surface area contributed by atoms with Gasteiger partial charge in [0.25, 0.3) is 11.8 Å². The van der Waals surface area contributed by atoms with Gasteiger partial charge < -0.3 is 15.5 Å². The van der Waals surface area contributed by atoms with E-state index in [1.54, 1.807) is 42.5 Å². The largest absolute Gasteiger partial charge is 0.376 e. The normalized spacial score (nSPS) is 10.3. The Hall–Kier alpha value is -2.83. The van der Waals surface area contributed by atoms with Crippen LogP contribution in [0.4, 0.5) is 17.1 Å². The zero-order valence-corrected chi connectivity index (χ0v) is 16.4. The first-order valence-electron chi connectivity index (χ1n) is 8.17. The second-order valence-electron chi connectivity index (χ2n) is 6.02. The van der Waals surface area contributed by atoms with Crippen LogP contribution in [0.5, 0.6) is 0 Å². The highest BCUT2D eigenvalue weighted by Crippen LogP contribution is 2.28. The Kier molecular flexibility index (Phi) is 5.78. The van der Waals surface area contributed by atoms with Crippen molar-refractivity contribution in [2.24, 2.45) is 0 Å². The summed E-state index contributed by atoms with van der Waals surface area (Å²) >= 11 is 7.43. The molecule has 0 saturated heterocycles. The van der Waals surface area contributed by atoms with Crippen molar-refractivity contribution in [2.75, 3.05) is 29.6 Å². The van der Waals surface area contributed by atoms with Crippen LogP contribution in [0, 0.1) is 0 Å². The molecular weight excluding hydrogens is 382 g/mol. The second-order valence-corrected chi connectivity index (χ2v) is 7.40. The van der Waals surface area contributed by atoms with Gasteiger partial charge in [0.1, 0.15) is 0 Å². The summed E-state index contributed by atoms with van der Waals surface area (Å²) in [6.45, 7) is 0. The molecule has 2 N–H and O–H groups in total. The van der Waals surface area contributed by atoms with Crippen molar-refractivity contribution in [3.05, 3.63) is 75.4 Å². The molecule has 0 fully saturated rings. The van der Waals surface area contributed by atoms with Crippen LogP contribution in [0.2, 0.25) is 5.02 Å². The number of halogens is 1. The van der Waals surface area contributed by atoms with Gasteiger partial charge in [-0.05, 0) is 53.9 Å². The number of thiophene rings is 1. The number of benzene rings is 2. The molecule has 0 aliphatic rings. The van der Waals surface area contributed by atoms with E-state index in [9.17, 15) is 9.59 Å². The molecule has 0 saturated carbocycles. The van der Waals surface area contributed by atoms with Crippen LogP contribution in [0.1, 0.15) is 20.0 Å². The zero-order valence-electron chi connectivity index (χ0n) is 14.8. The number of nitrogens with zero attached hydrogens (tertiary/aromatic N) is 1. The van der Waals surface area contributed by atoms with Crippen LogP contribution in [0.3, 0.4) is 0 Å². The minimum atomic E-state index is -0.253. The van der Waals surface area contributed by atoms with Gasteiger partial charge in [0.05, 0.1) is 16.3 Å². The van der Waals surface area contributed by atoms with Gasteiger partial charge in [0, 0.05) is 30.4 Å². The first-order valence-corrected chi connectivity index (χ1v) is 9.43. The van der Waals surface area contributed by atoms with Gasteiger partial charge in [0.15, 0.2) is 0 Å². The fourth-order valence-electron chi connectivity index (χ4n) is 2.50. The highest BCUT2D eigenvalue weighted by Gasteiger charge is 2.12. The van der Waals surface area contributed by atoms with Gasteiger partial charge >= 0.3 is 0 Å². The fourth-order valence-corrected chi connectivity index (χ4v) is 3.29. The predicted octanol–water partition coefficient (Wildman–Crippen LogP) is 4.97. The summed E-state index contributed by atoms with van der Waals surface area (Å²) in [7, 11) is 3.79. The molecular formula is C20H18ClN3O2S. The van der Waals surface area contributed by atoms with Gasteiger partial charge in [-0.1, -0.05) is 17.7 Å². The number of hydrogen-bond acceptors (Lipinski definition) is 4. The monoisotopic (exact) mass is 399 g/mol. The summed E-state index contributed by atoms with van der Waals surface area (Å²) in [5, 5.41) is 8.08. The summed E-state index contributed by atoms with van der Waals surface area (Å²) in [6.07, 6.45) is 0. The summed E-state index contributed by atoms with van der Waals surface area (Å²) < 4.78 is 0. The Morgan fingerprint density at radius 2 is 1.70 bits per heavy atom. The van der Waals surface area contributed by atoms with Crippen LogP contribution in [0.15, 0.2) is 60.0 Å². The maximum atomic E-state index is 12.6. The van der Waals surface area contributed by atoms with E-state index in [-0.39, 0.29) is 11.8 Å². The summed E-state index contributed by atoms with van der Waals surface area (Å²) in [4.78, 5) is 27.2. The molecule has 0 unspecified atom stereocenters. The highest BCUT2D eigenvalue weighted by atomic mass is 35.5. The average molecular weight is 400 g/mol. The molecule has 1 heterocycles. The number of carbonyl (C=O) groups excluding carboxylic acids is 2. The molecule has 0 aliphatic heterocycles.